The number of carbonyl (C=O) groups excluding carboxylic acids is 3. The third-order valence-corrected chi connectivity index (χ3v) is 3.82. The Balaban J connectivity index is 1.64. The highest BCUT2D eigenvalue weighted by Crippen LogP contribution is 2.34. The van der Waals surface area contributed by atoms with E-state index in [0.717, 1.165) is 5.69 Å². The maximum Gasteiger partial charge on any atom is 0.310 e. The van der Waals surface area contributed by atoms with Crippen LogP contribution in [-0.2, 0) is 20.9 Å². The predicted octanol–water partition coefficient (Wildman–Crippen LogP) is 0.532. The van der Waals surface area contributed by atoms with E-state index in [9.17, 15) is 14.4 Å². The topological polar surface area (TPSA) is 91.4 Å². The Morgan fingerprint density at radius 1 is 1.12 bits per heavy atom. The molecular formula is C17H16N4O3. The second-order valence-corrected chi connectivity index (χ2v) is 5.37. The first kappa shape index (κ1) is 15.7. The van der Waals surface area contributed by atoms with Crippen molar-refractivity contribution in [2.75, 3.05) is 11.9 Å². The maximum absolute atomic E-state index is 12.3. The van der Waals surface area contributed by atoms with Crippen molar-refractivity contribution < 1.29 is 14.4 Å². The summed E-state index contributed by atoms with van der Waals surface area (Å²) in [6, 6.07) is 11.6. The number of hydrogen-bond acceptors (Lipinski definition) is 4. The Kier molecular flexibility index (Phi) is 4.24. The number of benzene rings is 1. The van der Waals surface area contributed by atoms with Crippen LogP contribution in [0.15, 0.2) is 48.7 Å². The van der Waals surface area contributed by atoms with Gasteiger partial charge in [-0.05, 0) is 18.2 Å². The standard InChI is InChI=1S/C17H16N4O3/c1-21-13-8-3-2-7-12(13)14(17(21)24)20-16(23)15(22)19-10-11-6-4-5-9-18-11/h2-9,14H,10H2,1H3,(H,19,22)(H,20,23). The first-order valence-electron chi connectivity index (χ1n) is 7.43. The van der Waals surface area contributed by atoms with Gasteiger partial charge in [-0.1, -0.05) is 24.3 Å². The van der Waals surface area contributed by atoms with Crippen molar-refractivity contribution in [1.29, 1.82) is 0 Å². The molecule has 3 amide bonds. The van der Waals surface area contributed by atoms with Crippen LogP contribution >= 0.6 is 0 Å². The van der Waals surface area contributed by atoms with E-state index in [2.05, 4.69) is 15.6 Å². The van der Waals surface area contributed by atoms with Gasteiger partial charge in [-0.15, -0.1) is 0 Å². The molecule has 1 atom stereocenters. The number of carbonyl (C=O) groups is 3. The van der Waals surface area contributed by atoms with Gasteiger partial charge in [0.1, 0.15) is 6.04 Å². The van der Waals surface area contributed by atoms with Crippen LogP contribution in [-0.4, -0.2) is 29.8 Å². The van der Waals surface area contributed by atoms with Gasteiger partial charge in [-0.3, -0.25) is 19.4 Å². The summed E-state index contributed by atoms with van der Waals surface area (Å²) in [7, 11) is 1.63. The summed E-state index contributed by atoms with van der Waals surface area (Å²) in [5.74, 6) is -1.93. The van der Waals surface area contributed by atoms with Crippen molar-refractivity contribution in [2.24, 2.45) is 0 Å². The third kappa shape index (κ3) is 2.96. The average molecular weight is 324 g/mol. The smallest absolute Gasteiger partial charge is 0.310 e. The van der Waals surface area contributed by atoms with E-state index in [1.54, 1.807) is 49.6 Å². The summed E-state index contributed by atoms with van der Waals surface area (Å²) in [5.41, 5.74) is 2.04. The molecule has 24 heavy (non-hydrogen) atoms. The predicted molar refractivity (Wildman–Crippen MR) is 86.8 cm³/mol. The van der Waals surface area contributed by atoms with E-state index in [1.165, 1.54) is 4.90 Å². The van der Waals surface area contributed by atoms with Crippen molar-refractivity contribution in [2.45, 2.75) is 12.6 Å². The number of nitrogens with zero attached hydrogens (tertiary/aromatic N) is 2. The largest absolute Gasteiger partial charge is 0.342 e. The Morgan fingerprint density at radius 3 is 2.62 bits per heavy atom. The number of amides is 3. The Bertz CT molecular complexity index is 791. The molecule has 122 valence electrons. The van der Waals surface area contributed by atoms with Crippen LogP contribution in [0.3, 0.4) is 0 Å². The molecule has 7 nitrogen and oxygen atoms in total. The molecule has 0 bridgehead atoms. The van der Waals surface area contributed by atoms with Gasteiger partial charge >= 0.3 is 11.8 Å². The van der Waals surface area contributed by atoms with Crippen LogP contribution in [0.2, 0.25) is 0 Å². The summed E-state index contributed by atoms with van der Waals surface area (Å²) < 4.78 is 0. The number of aromatic nitrogens is 1. The number of para-hydroxylation sites is 1. The van der Waals surface area contributed by atoms with Gasteiger partial charge in [-0.25, -0.2) is 0 Å². The zero-order chi connectivity index (χ0) is 17.1. The molecule has 0 spiro atoms. The lowest BCUT2D eigenvalue weighted by molar-refractivity contribution is -0.140. The van der Waals surface area contributed by atoms with E-state index in [4.69, 9.17) is 0 Å². The Morgan fingerprint density at radius 2 is 1.88 bits per heavy atom. The molecule has 0 saturated heterocycles. The molecule has 2 heterocycles. The number of pyridine rings is 1. The molecule has 3 rings (SSSR count). The Labute approximate surface area is 138 Å². The van der Waals surface area contributed by atoms with Crippen molar-refractivity contribution in [3.05, 3.63) is 59.9 Å². The summed E-state index contributed by atoms with van der Waals surface area (Å²) in [6.07, 6.45) is 1.60. The number of fused-ring (bicyclic) bond motifs is 1. The molecule has 1 unspecified atom stereocenters. The molecule has 1 aliphatic rings. The second kappa shape index (κ2) is 6.49. The molecule has 0 fully saturated rings. The van der Waals surface area contributed by atoms with Crippen LogP contribution < -0.4 is 15.5 Å². The minimum atomic E-state index is -0.852. The van der Waals surface area contributed by atoms with Crippen molar-refractivity contribution >= 4 is 23.4 Å². The summed E-state index contributed by atoms with van der Waals surface area (Å²) in [6.45, 7) is 0.141. The fourth-order valence-corrected chi connectivity index (χ4v) is 2.57. The second-order valence-electron chi connectivity index (χ2n) is 5.37. The number of rotatable bonds is 3. The van der Waals surface area contributed by atoms with Gasteiger partial charge in [0.15, 0.2) is 0 Å². The quantitative estimate of drug-likeness (QED) is 0.806. The first-order chi connectivity index (χ1) is 11.6. The van der Waals surface area contributed by atoms with Crippen molar-refractivity contribution in [3.63, 3.8) is 0 Å². The molecule has 1 aliphatic heterocycles. The minimum Gasteiger partial charge on any atom is -0.342 e. The zero-order valence-corrected chi connectivity index (χ0v) is 13.0. The van der Waals surface area contributed by atoms with Crippen LogP contribution in [0.5, 0.6) is 0 Å². The normalized spacial score (nSPS) is 15.8. The SMILES string of the molecule is CN1C(=O)C(NC(=O)C(=O)NCc2ccccn2)c2ccccc21. The van der Waals surface area contributed by atoms with Crippen LogP contribution in [0, 0.1) is 0 Å². The van der Waals surface area contributed by atoms with Crippen LogP contribution in [0.25, 0.3) is 0 Å². The van der Waals surface area contributed by atoms with E-state index in [0.29, 0.717) is 11.3 Å². The van der Waals surface area contributed by atoms with E-state index >= 15 is 0 Å². The lowest BCUT2D eigenvalue weighted by Crippen LogP contribution is -2.43. The summed E-state index contributed by atoms with van der Waals surface area (Å²) in [5, 5.41) is 4.97. The monoisotopic (exact) mass is 324 g/mol. The molecule has 2 N–H and O–H groups in total. The molecule has 1 aromatic carbocycles. The highest BCUT2D eigenvalue weighted by atomic mass is 16.2. The molecule has 0 saturated carbocycles. The fourth-order valence-electron chi connectivity index (χ4n) is 2.57. The molecule has 7 heteroatoms. The highest BCUT2D eigenvalue weighted by Gasteiger charge is 2.36. The Hall–Kier alpha value is -3.22. The van der Waals surface area contributed by atoms with E-state index < -0.39 is 17.9 Å². The lowest BCUT2D eigenvalue weighted by atomic mass is 10.1. The van der Waals surface area contributed by atoms with Crippen LogP contribution in [0.1, 0.15) is 17.3 Å². The summed E-state index contributed by atoms with van der Waals surface area (Å²) >= 11 is 0. The first-order valence-corrected chi connectivity index (χ1v) is 7.43. The van der Waals surface area contributed by atoms with Gasteiger partial charge in [0, 0.05) is 24.5 Å². The molecule has 0 radical (unpaired) electrons. The van der Waals surface area contributed by atoms with Gasteiger partial charge < -0.3 is 15.5 Å². The number of nitrogens with one attached hydrogen (secondary N) is 2. The molecule has 1 aromatic heterocycles. The van der Waals surface area contributed by atoms with Gasteiger partial charge in [0.05, 0.1) is 12.2 Å². The highest BCUT2D eigenvalue weighted by molar-refractivity contribution is 6.35. The van der Waals surface area contributed by atoms with Gasteiger partial charge in [0.25, 0.3) is 5.91 Å². The average Bonchev–Trinajstić information content (AvgIpc) is 2.86. The van der Waals surface area contributed by atoms with Crippen LogP contribution in [0.4, 0.5) is 5.69 Å². The van der Waals surface area contributed by atoms with E-state index in [-0.39, 0.29) is 12.5 Å². The maximum atomic E-state index is 12.3. The molecular weight excluding hydrogens is 308 g/mol. The third-order valence-electron chi connectivity index (χ3n) is 3.82. The lowest BCUT2D eigenvalue weighted by Gasteiger charge is -2.13. The zero-order valence-electron chi connectivity index (χ0n) is 13.0. The van der Waals surface area contributed by atoms with Crippen molar-refractivity contribution in [1.82, 2.24) is 15.6 Å². The fraction of sp³-hybridized carbons (Fsp3) is 0.176. The number of likely N-dealkylation sites (N-methyl/N-ethyl adjacent to an activating group) is 1. The summed E-state index contributed by atoms with van der Waals surface area (Å²) in [4.78, 5) is 41.8. The van der Waals surface area contributed by atoms with Gasteiger partial charge in [-0.2, -0.15) is 0 Å². The molecule has 2 aromatic rings. The minimum absolute atomic E-state index is 0.141. The van der Waals surface area contributed by atoms with Gasteiger partial charge in [0.2, 0.25) is 0 Å². The number of anilines is 1. The number of hydrogen-bond donors (Lipinski definition) is 2. The molecule has 0 aliphatic carbocycles. The van der Waals surface area contributed by atoms with E-state index in [1.807, 2.05) is 6.07 Å². The van der Waals surface area contributed by atoms with Crippen molar-refractivity contribution in [3.8, 4) is 0 Å².